The largest absolute Gasteiger partial charge is 0.304 e. The number of hydrogen-bond acceptors (Lipinski definition) is 5. The minimum atomic E-state index is 0.876. The van der Waals surface area contributed by atoms with E-state index < -0.39 is 0 Å². The van der Waals surface area contributed by atoms with Gasteiger partial charge in [-0.2, -0.15) is 0 Å². The molecule has 0 aromatic carbocycles. The Morgan fingerprint density at radius 1 is 1.19 bits per heavy atom. The van der Waals surface area contributed by atoms with Gasteiger partial charge >= 0.3 is 0 Å². The second-order valence-electron chi connectivity index (χ2n) is 4.40. The predicted octanol–water partition coefficient (Wildman–Crippen LogP) is -0.169. The lowest BCUT2D eigenvalue weighted by Gasteiger charge is -2.31. The summed E-state index contributed by atoms with van der Waals surface area (Å²) in [6.45, 7) is 8.41. The van der Waals surface area contributed by atoms with Crippen molar-refractivity contribution >= 4 is 0 Å². The fourth-order valence-corrected chi connectivity index (χ4v) is 1.93. The molecule has 6 nitrogen and oxygen atoms in total. The van der Waals surface area contributed by atoms with E-state index in [2.05, 4.69) is 39.3 Å². The van der Waals surface area contributed by atoms with Crippen molar-refractivity contribution in [2.75, 3.05) is 33.2 Å². The number of aromatic nitrogens is 4. The van der Waals surface area contributed by atoms with E-state index >= 15 is 0 Å². The standard InChI is InChI=1S/C10H20N6/c1-3-4-16-10(11-12-13-16)9-15-7-5-14(2)6-8-15/h3-9H2,1-2H3. The molecule has 1 aromatic heterocycles. The zero-order valence-corrected chi connectivity index (χ0v) is 10.1. The molecule has 1 saturated heterocycles. The van der Waals surface area contributed by atoms with Crippen LogP contribution in [0.1, 0.15) is 19.2 Å². The van der Waals surface area contributed by atoms with Crippen LogP contribution in [0.2, 0.25) is 0 Å². The van der Waals surface area contributed by atoms with E-state index in [1.165, 1.54) is 0 Å². The van der Waals surface area contributed by atoms with Gasteiger partial charge < -0.3 is 4.90 Å². The molecule has 0 bridgehead atoms. The number of aryl methyl sites for hydroxylation is 1. The predicted molar refractivity (Wildman–Crippen MR) is 60.9 cm³/mol. The van der Waals surface area contributed by atoms with Crippen LogP contribution >= 0.6 is 0 Å². The first-order valence-corrected chi connectivity index (χ1v) is 5.95. The van der Waals surface area contributed by atoms with Crippen molar-refractivity contribution in [3.8, 4) is 0 Å². The number of likely N-dealkylation sites (N-methyl/N-ethyl adjacent to an activating group) is 1. The normalized spacial score (nSPS) is 19.1. The number of nitrogens with zero attached hydrogens (tertiary/aromatic N) is 6. The van der Waals surface area contributed by atoms with Crippen molar-refractivity contribution in [3.05, 3.63) is 5.82 Å². The van der Waals surface area contributed by atoms with Crippen molar-refractivity contribution in [1.82, 2.24) is 30.0 Å². The highest BCUT2D eigenvalue weighted by atomic mass is 15.5. The Bertz CT molecular complexity index is 315. The summed E-state index contributed by atoms with van der Waals surface area (Å²) in [5.74, 6) is 0.992. The fourth-order valence-electron chi connectivity index (χ4n) is 1.93. The van der Waals surface area contributed by atoms with Crippen LogP contribution < -0.4 is 0 Å². The SMILES string of the molecule is CCCn1nnnc1CN1CCN(C)CC1. The fraction of sp³-hybridized carbons (Fsp3) is 0.900. The molecule has 0 radical (unpaired) electrons. The summed E-state index contributed by atoms with van der Waals surface area (Å²) in [5.41, 5.74) is 0. The molecule has 0 saturated carbocycles. The first-order chi connectivity index (χ1) is 7.79. The third-order valence-electron chi connectivity index (χ3n) is 3.00. The van der Waals surface area contributed by atoms with Crippen molar-refractivity contribution < 1.29 is 0 Å². The van der Waals surface area contributed by atoms with Gasteiger partial charge in [0, 0.05) is 32.7 Å². The maximum atomic E-state index is 4.09. The summed E-state index contributed by atoms with van der Waals surface area (Å²) >= 11 is 0. The highest BCUT2D eigenvalue weighted by Crippen LogP contribution is 2.04. The Morgan fingerprint density at radius 3 is 2.62 bits per heavy atom. The van der Waals surface area contributed by atoms with Crippen LogP contribution in [0, 0.1) is 0 Å². The highest BCUT2D eigenvalue weighted by Gasteiger charge is 2.16. The molecule has 0 atom stereocenters. The summed E-state index contributed by atoms with van der Waals surface area (Å²) in [5, 5.41) is 11.8. The quantitative estimate of drug-likeness (QED) is 0.711. The molecule has 0 N–H and O–H groups in total. The van der Waals surface area contributed by atoms with Gasteiger partial charge in [0.25, 0.3) is 0 Å². The summed E-state index contributed by atoms with van der Waals surface area (Å²) in [6, 6.07) is 0. The lowest BCUT2D eigenvalue weighted by atomic mass is 10.3. The van der Waals surface area contributed by atoms with Gasteiger partial charge in [0.15, 0.2) is 5.82 Å². The van der Waals surface area contributed by atoms with Crippen LogP contribution in [0.5, 0.6) is 0 Å². The van der Waals surface area contributed by atoms with Crippen molar-refractivity contribution in [3.63, 3.8) is 0 Å². The molecule has 0 amide bonds. The van der Waals surface area contributed by atoms with E-state index in [9.17, 15) is 0 Å². The first-order valence-electron chi connectivity index (χ1n) is 5.95. The topological polar surface area (TPSA) is 50.1 Å². The summed E-state index contributed by atoms with van der Waals surface area (Å²) < 4.78 is 1.92. The smallest absolute Gasteiger partial charge is 0.165 e. The minimum Gasteiger partial charge on any atom is -0.304 e. The van der Waals surface area contributed by atoms with Gasteiger partial charge in [-0.1, -0.05) is 6.92 Å². The van der Waals surface area contributed by atoms with E-state index in [1.807, 2.05) is 4.68 Å². The van der Waals surface area contributed by atoms with Gasteiger partial charge in [-0.25, -0.2) is 4.68 Å². The summed E-state index contributed by atoms with van der Waals surface area (Å²) in [4.78, 5) is 4.77. The van der Waals surface area contributed by atoms with E-state index in [-0.39, 0.29) is 0 Å². The summed E-state index contributed by atoms with van der Waals surface area (Å²) in [7, 11) is 2.17. The Labute approximate surface area is 96.2 Å². The number of hydrogen-bond donors (Lipinski definition) is 0. The third-order valence-corrected chi connectivity index (χ3v) is 3.00. The van der Waals surface area contributed by atoms with Crippen LogP contribution in [0.3, 0.4) is 0 Å². The Morgan fingerprint density at radius 2 is 1.94 bits per heavy atom. The Hall–Kier alpha value is -1.01. The average Bonchev–Trinajstić information content (AvgIpc) is 2.70. The molecule has 90 valence electrons. The molecule has 6 heteroatoms. The second kappa shape index (κ2) is 5.36. The molecule has 16 heavy (non-hydrogen) atoms. The van der Waals surface area contributed by atoms with E-state index in [4.69, 9.17) is 0 Å². The maximum absolute atomic E-state index is 4.09. The number of rotatable bonds is 4. The van der Waals surface area contributed by atoms with Gasteiger partial charge in [0.05, 0.1) is 6.54 Å². The van der Waals surface area contributed by atoms with Crippen molar-refractivity contribution in [2.45, 2.75) is 26.4 Å². The van der Waals surface area contributed by atoms with Gasteiger partial charge in [-0.3, -0.25) is 4.90 Å². The number of piperazine rings is 1. The maximum Gasteiger partial charge on any atom is 0.165 e. The van der Waals surface area contributed by atoms with Gasteiger partial charge in [0.2, 0.25) is 0 Å². The van der Waals surface area contributed by atoms with Gasteiger partial charge in [-0.15, -0.1) is 5.10 Å². The molecule has 2 heterocycles. The Kier molecular flexibility index (Phi) is 3.84. The molecule has 1 fully saturated rings. The van der Waals surface area contributed by atoms with Gasteiger partial charge in [0.1, 0.15) is 0 Å². The molecule has 0 aliphatic carbocycles. The van der Waals surface area contributed by atoms with E-state index in [0.29, 0.717) is 0 Å². The van der Waals surface area contributed by atoms with Crippen LogP contribution in [0.25, 0.3) is 0 Å². The molecule has 1 aromatic rings. The van der Waals surface area contributed by atoms with Crippen LogP contribution in [0.4, 0.5) is 0 Å². The van der Waals surface area contributed by atoms with Gasteiger partial charge in [-0.05, 0) is 23.9 Å². The molecule has 0 unspecified atom stereocenters. The molecule has 1 aliphatic heterocycles. The molecular weight excluding hydrogens is 204 g/mol. The molecule has 2 rings (SSSR count). The lowest BCUT2D eigenvalue weighted by molar-refractivity contribution is 0.143. The van der Waals surface area contributed by atoms with Crippen LogP contribution in [-0.2, 0) is 13.1 Å². The van der Waals surface area contributed by atoms with Crippen molar-refractivity contribution in [1.29, 1.82) is 0 Å². The zero-order valence-electron chi connectivity index (χ0n) is 10.1. The first kappa shape index (κ1) is 11.5. The average molecular weight is 224 g/mol. The van der Waals surface area contributed by atoms with Crippen LogP contribution in [-0.4, -0.2) is 63.2 Å². The summed E-state index contributed by atoms with van der Waals surface area (Å²) in [6.07, 6.45) is 1.07. The monoisotopic (exact) mass is 224 g/mol. The lowest BCUT2D eigenvalue weighted by Crippen LogP contribution is -2.44. The van der Waals surface area contributed by atoms with Crippen LogP contribution in [0.15, 0.2) is 0 Å². The zero-order chi connectivity index (χ0) is 11.4. The molecular formula is C10H20N6. The molecule has 1 aliphatic rings. The number of tetrazole rings is 1. The Balaban J connectivity index is 1.90. The second-order valence-corrected chi connectivity index (χ2v) is 4.40. The van der Waals surface area contributed by atoms with E-state index in [0.717, 1.165) is 51.5 Å². The minimum absolute atomic E-state index is 0.876. The van der Waals surface area contributed by atoms with Crippen molar-refractivity contribution in [2.24, 2.45) is 0 Å². The molecule has 0 spiro atoms. The van der Waals surface area contributed by atoms with E-state index in [1.54, 1.807) is 0 Å². The highest BCUT2D eigenvalue weighted by molar-refractivity contribution is 4.83. The third kappa shape index (κ3) is 2.76.